The highest BCUT2D eigenvalue weighted by molar-refractivity contribution is 5.94. The summed E-state index contributed by atoms with van der Waals surface area (Å²) in [5, 5.41) is 9.79. The van der Waals surface area contributed by atoms with Crippen LogP contribution in [0.5, 0.6) is 0 Å². The second kappa shape index (κ2) is 5.66. The van der Waals surface area contributed by atoms with E-state index in [9.17, 15) is 4.79 Å². The highest BCUT2D eigenvalue weighted by Crippen LogP contribution is 2.27. The second-order valence-electron chi connectivity index (χ2n) is 4.64. The van der Waals surface area contributed by atoms with Crippen molar-refractivity contribution in [1.82, 2.24) is 15.0 Å². The number of benzene rings is 1. The molecule has 0 atom stereocenters. The zero-order valence-corrected chi connectivity index (χ0v) is 11.2. The molecule has 0 unspecified atom stereocenters. The van der Waals surface area contributed by atoms with Crippen LogP contribution in [0.25, 0.3) is 22.3 Å². The van der Waals surface area contributed by atoms with Gasteiger partial charge in [0.25, 0.3) is 0 Å². The first kappa shape index (κ1) is 13.2. The summed E-state index contributed by atoms with van der Waals surface area (Å²) < 4.78 is 0. The van der Waals surface area contributed by atoms with E-state index in [-0.39, 0.29) is 6.42 Å². The maximum atomic E-state index is 10.8. The molecule has 0 aliphatic heterocycles. The molecule has 2 heterocycles. The number of nitrogens with zero attached hydrogens (tertiary/aromatic N) is 3. The monoisotopic (exact) mass is 279 g/mol. The van der Waals surface area contributed by atoms with Crippen LogP contribution in [0.4, 0.5) is 0 Å². The third-order valence-electron chi connectivity index (χ3n) is 3.27. The molecule has 1 N–H and O–H groups in total. The average Bonchev–Trinajstić information content (AvgIpc) is 2.53. The molecule has 3 rings (SSSR count). The molecule has 0 aliphatic carbocycles. The van der Waals surface area contributed by atoms with Gasteiger partial charge in [-0.25, -0.2) is 9.97 Å². The molecule has 0 radical (unpaired) electrons. The lowest BCUT2D eigenvalue weighted by atomic mass is 10.00. The van der Waals surface area contributed by atoms with E-state index >= 15 is 0 Å². The molecule has 1 aromatic carbocycles. The summed E-state index contributed by atoms with van der Waals surface area (Å²) in [5.74, 6) is -0.187. The summed E-state index contributed by atoms with van der Waals surface area (Å²) in [7, 11) is 0. The quantitative estimate of drug-likeness (QED) is 0.794. The van der Waals surface area contributed by atoms with Crippen molar-refractivity contribution in [3.8, 4) is 11.4 Å². The molecule has 21 heavy (non-hydrogen) atoms. The van der Waals surface area contributed by atoms with E-state index in [0.29, 0.717) is 12.2 Å². The number of aromatic nitrogens is 3. The number of carboxylic acid groups (broad SMARTS) is 1. The number of rotatable bonds is 4. The van der Waals surface area contributed by atoms with Crippen LogP contribution in [0.1, 0.15) is 12.0 Å². The van der Waals surface area contributed by atoms with Gasteiger partial charge >= 0.3 is 5.97 Å². The van der Waals surface area contributed by atoms with Crippen LogP contribution in [0.3, 0.4) is 0 Å². The Morgan fingerprint density at radius 2 is 1.76 bits per heavy atom. The van der Waals surface area contributed by atoms with Crippen molar-refractivity contribution in [2.45, 2.75) is 12.8 Å². The SMILES string of the molecule is O=C(O)CCc1ccc(-c2ncccn2)c2ncccc12. The Kier molecular flexibility index (Phi) is 3.55. The van der Waals surface area contributed by atoms with Gasteiger partial charge < -0.3 is 5.11 Å². The van der Waals surface area contributed by atoms with Crippen molar-refractivity contribution in [2.75, 3.05) is 0 Å². The van der Waals surface area contributed by atoms with Gasteiger partial charge in [0.2, 0.25) is 0 Å². The summed E-state index contributed by atoms with van der Waals surface area (Å²) in [4.78, 5) is 23.7. The smallest absolute Gasteiger partial charge is 0.303 e. The van der Waals surface area contributed by atoms with E-state index in [0.717, 1.165) is 22.0 Å². The van der Waals surface area contributed by atoms with Gasteiger partial charge in [-0.1, -0.05) is 12.1 Å². The van der Waals surface area contributed by atoms with Gasteiger partial charge in [-0.3, -0.25) is 9.78 Å². The van der Waals surface area contributed by atoms with Gasteiger partial charge in [-0.15, -0.1) is 0 Å². The molecule has 0 amide bonds. The fourth-order valence-corrected chi connectivity index (χ4v) is 2.31. The fraction of sp³-hybridized carbons (Fsp3) is 0.125. The molecular formula is C16H13N3O2. The Morgan fingerprint density at radius 3 is 2.52 bits per heavy atom. The molecule has 0 bridgehead atoms. The van der Waals surface area contributed by atoms with E-state index in [1.807, 2.05) is 24.3 Å². The lowest BCUT2D eigenvalue weighted by Crippen LogP contribution is -1.99. The highest BCUT2D eigenvalue weighted by Gasteiger charge is 2.11. The van der Waals surface area contributed by atoms with Crippen molar-refractivity contribution in [1.29, 1.82) is 0 Å². The topological polar surface area (TPSA) is 76.0 Å². The summed E-state index contributed by atoms with van der Waals surface area (Å²) in [6.07, 6.45) is 5.68. The molecule has 0 aliphatic rings. The van der Waals surface area contributed by atoms with Crippen LogP contribution >= 0.6 is 0 Å². The second-order valence-corrected chi connectivity index (χ2v) is 4.64. The molecule has 0 spiro atoms. The van der Waals surface area contributed by atoms with E-state index in [1.54, 1.807) is 24.7 Å². The van der Waals surface area contributed by atoms with Gasteiger partial charge in [0.1, 0.15) is 0 Å². The molecule has 5 nitrogen and oxygen atoms in total. The number of aryl methyl sites for hydroxylation is 1. The number of hydrogen-bond acceptors (Lipinski definition) is 4. The summed E-state index contributed by atoms with van der Waals surface area (Å²) in [6, 6.07) is 9.40. The lowest BCUT2D eigenvalue weighted by Gasteiger charge is -2.09. The number of aliphatic carboxylic acids is 1. The van der Waals surface area contributed by atoms with Crippen molar-refractivity contribution >= 4 is 16.9 Å². The Morgan fingerprint density at radius 1 is 1.00 bits per heavy atom. The fourth-order valence-electron chi connectivity index (χ4n) is 2.31. The Balaban J connectivity index is 2.13. The van der Waals surface area contributed by atoms with E-state index in [4.69, 9.17) is 5.11 Å². The molecule has 5 heteroatoms. The van der Waals surface area contributed by atoms with Gasteiger partial charge in [0.15, 0.2) is 5.82 Å². The summed E-state index contributed by atoms with van der Waals surface area (Å²) in [6.45, 7) is 0. The number of fused-ring (bicyclic) bond motifs is 1. The molecule has 0 saturated carbocycles. The van der Waals surface area contributed by atoms with Crippen molar-refractivity contribution in [3.05, 3.63) is 54.5 Å². The zero-order valence-electron chi connectivity index (χ0n) is 11.2. The minimum absolute atomic E-state index is 0.102. The number of carboxylic acids is 1. The van der Waals surface area contributed by atoms with Crippen LogP contribution in [-0.4, -0.2) is 26.0 Å². The van der Waals surface area contributed by atoms with Crippen molar-refractivity contribution in [2.24, 2.45) is 0 Å². The molecule has 0 fully saturated rings. The molecule has 104 valence electrons. The van der Waals surface area contributed by atoms with Crippen molar-refractivity contribution < 1.29 is 9.90 Å². The van der Waals surface area contributed by atoms with E-state index < -0.39 is 5.97 Å². The predicted octanol–water partition coefficient (Wildman–Crippen LogP) is 2.71. The lowest BCUT2D eigenvalue weighted by molar-refractivity contribution is -0.136. The van der Waals surface area contributed by atoms with Crippen LogP contribution < -0.4 is 0 Å². The largest absolute Gasteiger partial charge is 0.481 e. The Labute approximate surface area is 121 Å². The van der Waals surface area contributed by atoms with Gasteiger partial charge in [0, 0.05) is 36.0 Å². The molecule has 0 saturated heterocycles. The maximum Gasteiger partial charge on any atom is 0.303 e. The third-order valence-corrected chi connectivity index (χ3v) is 3.27. The minimum atomic E-state index is -0.803. The minimum Gasteiger partial charge on any atom is -0.481 e. The average molecular weight is 279 g/mol. The summed E-state index contributed by atoms with van der Waals surface area (Å²) >= 11 is 0. The Hall–Kier alpha value is -2.82. The van der Waals surface area contributed by atoms with Crippen molar-refractivity contribution in [3.63, 3.8) is 0 Å². The number of hydrogen-bond donors (Lipinski definition) is 1. The van der Waals surface area contributed by atoms with Crippen LogP contribution in [0.2, 0.25) is 0 Å². The zero-order chi connectivity index (χ0) is 14.7. The Bertz CT molecular complexity index is 788. The third kappa shape index (κ3) is 2.72. The number of pyridine rings is 1. The standard InChI is InChI=1S/C16H13N3O2/c20-14(21)7-5-11-4-6-13(16-18-9-2-10-19-16)15-12(11)3-1-8-17-15/h1-4,6,8-10H,5,7H2,(H,20,21). The summed E-state index contributed by atoms with van der Waals surface area (Å²) in [5.41, 5.74) is 2.62. The van der Waals surface area contributed by atoms with Crippen LogP contribution in [-0.2, 0) is 11.2 Å². The first-order valence-corrected chi connectivity index (χ1v) is 6.61. The number of carbonyl (C=O) groups is 1. The normalized spacial score (nSPS) is 10.7. The first-order chi connectivity index (χ1) is 10.3. The maximum absolute atomic E-state index is 10.8. The van der Waals surface area contributed by atoms with Gasteiger partial charge in [-0.2, -0.15) is 0 Å². The van der Waals surface area contributed by atoms with E-state index in [1.165, 1.54) is 0 Å². The van der Waals surface area contributed by atoms with Gasteiger partial charge in [-0.05, 0) is 30.2 Å². The van der Waals surface area contributed by atoms with Crippen LogP contribution in [0, 0.1) is 0 Å². The van der Waals surface area contributed by atoms with Gasteiger partial charge in [0.05, 0.1) is 5.52 Å². The molecule has 2 aromatic heterocycles. The predicted molar refractivity (Wildman–Crippen MR) is 78.7 cm³/mol. The highest BCUT2D eigenvalue weighted by atomic mass is 16.4. The first-order valence-electron chi connectivity index (χ1n) is 6.61. The van der Waals surface area contributed by atoms with E-state index in [2.05, 4.69) is 15.0 Å². The molecule has 3 aromatic rings. The van der Waals surface area contributed by atoms with Crippen LogP contribution in [0.15, 0.2) is 48.9 Å². The molecular weight excluding hydrogens is 266 g/mol.